The molecule has 0 aliphatic carbocycles. The summed E-state index contributed by atoms with van der Waals surface area (Å²) in [5, 5.41) is 30.2. The molecule has 3 rings (SSSR count). The van der Waals surface area contributed by atoms with Crippen molar-refractivity contribution in [3.05, 3.63) is 59.2 Å². The molecule has 0 bridgehead atoms. The highest BCUT2D eigenvalue weighted by molar-refractivity contribution is 6.09. The Balaban J connectivity index is 2.01. The highest BCUT2D eigenvalue weighted by Crippen LogP contribution is 2.46. The van der Waals surface area contributed by atoms with E-state index in [4.69, 9.17) is 9.47 Å². The minimum absolute atomic E-state index is 0.144. The number of carbonyl (C=O) groups is 1. The zero-order valence-electron chi connectivity index (χ0n) is 15.3. The average Bonchev–Trinajstić information content (AvgIpc) is 2.64. The van der Waals surface area contributed by atoms with Crippen LogP contribution in [0.1, 0.15) is 41.4 Å². The fraction of sp³-hybridized carbons (Fsp3) is 0.286. The first-order valence-corrected chi connectivity index (χ1v) is 8.52. The van der Waals surface area contributed by atoms with Gasteiger partial charge in [-0.3, -0.25) is 4.79 Å². The standard InChI is InChI=1S/C21H22O6/c1-21(2)20(25)18(24)17-16(26-3)11-9-14(19(17)27-21)15(23)10-6-12-4-7-13(22)8-5-12/h4-11,18,20,22,24-25H,1-3H3/b10-6+. The lowest BCUT2D eigenvalue weighted by Gasteiger charge is -2.41. The second-order valence-corrected chi connectivity index (χ2v) is 6.94. The molecule has 27 heavy (non-hydrogen) atoms. The Morgan fingerprint density at radius 1 is 1.15 bits per heavy atom. The summed E-state index contributed by atoms with van der Waals surface area (Å²) in [6.45, 7) is 3.29. The van der Waals surface area contributed by atoms with Crippen LogP contribution < -0.4 is 9.47 Å². The van der Waals surface area contributed by atoms with Gasteiger partial charge in [0.15, 0.2) is 5.78 Å². The Labute approximate surface area is 157 Å². The van der Waals surface area contributed by atoms with Crippen molar-refractivity contribution in [2.24, 2.45) is 0 Å². The molecule has 2 aromatic rings. The lowest BCUT2D eigenvalue weighted by Crippen LogP contribution is -2.49. The van der Waals surface area contributed by atoms with Crippen LogP contribution in [0.25, 0.3) is 6.08 Å². The predicted molar refractivity (Wildman–Crippen MR) is 100 cm³/mol. The maximum absolute atomic E-state index is 12.8. The molecule has 0 amide bonds. The second kappa shape index (κ2) is 7.06. The van der Waals surface area contributed by atoms with Gasteiger partial charge in [0.1, 0.15) is 35.1 Å². The third kappa shape index (κ3) is 3.54. The summed E-state index contributed by atoms with van der Waals surface area (Å²) >= 11 is 0. The molecule has 6 nitrogen and oxygen atoms in total. The van der Waals surface area contributed by atoms with E-state index in [-0.39, 0.29) is 28.4 Å². The number of ketones is 1. The van der Waals surface area contributed by atoms with Gasteiger partial charge in [-0.15, -0.1) is 0 Å². The monoisotopic (exact) mass is 370 g/mol. The SMILES string of the molecule is COc1ccc(C(=O)/C=C/c2ccc(O)cc2)c2c1C(O)C(O)C(C)(C)O2. The summed E-state index contributed by atoms with van der Waals surface area (Å²) in [6, 6.07) is 9.57. The van der Waals surface area contributed by atoms with E-state index in [1.807, 2.05) is 0 Å². The normalized spacial score (nSPS) is 20.8. The number of hydrogen-bond acceptors (Lipinski definition) is 6. The first kappa shape index (κ1) is 18.9. The van der Waals surface area contributed by atoms with Gasteiger partial charge in [-0.25, -0.2) is 0 Å². The summed E-state index contributed by atoms with van der Waals surface area (Å²) in [5.74, 6) is 0.371. The van der Waals surface area contributed by atoms with Crippen molar-refractivity contribution in [1.29, 1.82) is 0 Å². The largest absolute Gasteiger partial charge is 0.508 e. The molecule has 0 aromatic heterocycles. The Morgan fingerprint density at radius 3 is 2.44 bits per heavy atom. The summed E-state index contributed by atoms with van der Waals surface area (Å²) in [7, 11) is 1.45. The molecule has 1 heterocycles. The van der Waals surface area contributed by atoms with Crippen LogP contribution >= 0.6 is 0 Å². The van der Waals surface area contributed by atoms with E-state index in [0.29, 0.717) is 5.75 Å². The third-order valence-electron chi connectivity index (χ3n) is 4.63. The van der Waals surface area contributed by atoms with E-state index >= 15 is 0 Å². The number of methoxy groups -OCH3 is 1. The number of aliphatic hydroxyl groups excluding tert-OH is 2. The molecule has 0 radical (unpaired) electrons. The smallest absolute Gasteiger partial charge is 0.189 e. The van der Waals surface area contributed by atoms with Crippen LogP contribution in [0.3, 0.4) is 0 Å². The van der Waals surface area contributed by atoms with E-state index < -0.39 is 17.8 Å². The Bertz CT molecular complexity index is 882. The van der Waals surface area contributed by atoms with Crippen molar-refractivity contribution in [3.8, 4) is 17.2 Å². The third-order valence-corrected chi connectivity index (χ3v) is 4.63. The molecule has 0 fully saturated rings. The van der Waals surface area contributed by atoms with Gasteiger partial charge in [-0.1, -0.05) is 18.2 Å². The highest BCUT2D eigenvalue weighted by Gasteiger charge is 2.45. The van der Waals surface area contributed by atoms with E-state index in [2.05, 4.69) is 0 Å². The molecule has 2 atom stereocenters. The van der Waals surface area contributed by atoms with E-state index in [1.54, 1.807) is 44.2 Å². The van der Waals surface area contributed by atoms with E-state index in [0.717, 1.165) is 5.56 Å². The molecular weight excluding hydrogens is 348 g/mol. The number of rotatable bonds is 4. The molecule has 2 aromatic carbocycles. The van der Waals surface area contributed by atoms with Crippen molar-refractivity contribution < 1.29 is 29.6 Å². The van der Waals surface area contributed by atoms with Gasteiger partial charge in [0.2, 0.25) is 0 Å². The molecular formula is C21H22O6. The van der Waals surface area contributed by atoms with E-state index in [9.17, 15) is 20.1 Å². The zero-order chi connectivity index (χ0) is 19.8. The minimum Gasteiger partial charge on any atom is -0.508 e. The van der Waals surface area contributed by atoms with Gasteiger partial charge in [0, 0.05) is 0 Å². The van der Waals surface area contributed by atoms with Crippen LogP contribution in [-0.2, 0) is 0 Å². The van der Waals surface area contributed by atoms with Crippen molar-refractivity contribution >= 4 is 11.9 Å². The molecule has 0 spiro atoms. The van der Waals surface area contributed by atoms with Crippen LogP contribution in [0.15, 0.2) is 42.5 Å². The number of fused-ring (bicyclic) bond motifs is 1. The lowest BCUT2D eigenvalue weighted by molar-refractivity contribution is -0.112. The van der Waals surface area contributed by atoms with Crippen molar-refractivity contribution in [3.63, 3.8) is 0 Å². The number of aliphatic hydroxyl groups is 2. The Kier molecular flexibility index (Phi) is 4.95. The average molecular weight is 370 g/mol. The molecule has 1 aliphatic rings. The van der Waals surface area contributed by atoms with Crippen molar-refractivity contribution in [2.75, 3.05) is 7.11 Å². The van der Waals surface area contributed by atoms with Crippen LogP contribution in [0.5, 0.6) is 17.2 Å². The Hall–Kier alpha value is -2.83. The molecule has 3 N–H and O–H groups in total. The van der Waals surface area contributed by atoms with Crippen LogP contribution in [0, 0.1) is 0 Å². The van der Waals surface area contributed by atoms with Gasteiger partial charge in [-0.05, 0) is 49.8 Å². The van der Waals surface area contributed by atoms with Crippen LogP contribution in [-0.4, -0.2) is 39.9 Å². The number of aromatic hydroxyl groups is 1. The predicted octanol–water partition coefficient (Wildman–Crippen LogP) is 2.86. The molecule has 1 aliphatic heterocycles. The topological polar surface area (TPSA) is 96.2 Å². The quantitative estimate of drug-likeness (QED) is 0.566. The molecule has 2 unspecified atom stereocenters. The molecule has 0 saturated heterocycles. The molecule has 0 saturated carbocycles. The molecule has 6 heteroatoms. The summed E-state index contributed by atoms with van der Waals surface area (Å²) in [4.78, 5) is 12.8. The van der Waals surface area contributed by atoms with Crippen LogP contribution in [0.2, 0.25) is 0 Å². The zero-order valence-corrected chi connectivity index (χ0v) is 15.3. The first-order valence-electron chi connectivity index (χ1n) is 8.52. The van der Waals surface area contributed by atoms with Gasteiger partial charge in [0.25, 0.3) is 0 Å². The number of hydrogen-bond donors (Lipinski definition) is 3. The number of carbonyl (C=O) groups excluding carboxylic acids is 1. The van der Waals surface area contributed by atoms with Crippen LogP contribution in [0.4, 0.5) is 0 Å². The molecule has 142 valence electrons. The fourth-order valence-electron chi connectivity index (χ4n) is 3.05. The second-order valence-electron chi connectivity index (χ2n) is 6.94. The number of benzene rings is 2. The number of ether oxygens (including phenoxy) is 2. The number of phenolic OH excluding ortho intramolecular Hbond substituents is 1. The van der Waals surface area contributed by atoms with Crippen molar-refractivity contribution in [2.45, 2.75) is 31.7 Å². The van der Waals surface area contributed by atoms with Crippen molar-refractivity contribution in [1.82, 2.24) is 0 Å². The van der Waals surface area contributed by atoms with E-state index in [1.165, 1.54) is 25.3 Å². The number of phenols is 1. The fourth-order valence-corrected chi connectivity index (χ4v) is 3.05. The highest BCUT2D eigenvalue weighted by atomic mass is 16.5. The summed E-state index contributed by atoms with van der Waals surface area (Å²) in [6.07, 6.45) is 0.601. The van der Waals surface area contributed by atoms with Gasteiger partial charge < -0.3 is 24.8 Å². The van der Waals surface area contributed by atoms with Gasteiger partial charge >= 0.3 is 0 Å². The summed E-state index contributed by atoms with van der Waals surface area (Å²) in [5.41, 5.74) is 0.197. The lowest BCUT2D eigenvalue weighted by atomic mass is 9.86. The maximum atomic E-state index is 12.8. The Morgan fingerprint density at radius 2 is 1.81 bits per heavy atom. The van der Waals surface area contributed by atoms with Gasteiger partial charge in [0.05, 0.1) is 18.2 Å². The van der Waals surface area contributed by atoms with Gasteiger partial charge in [-0.2, -0.15) is 0 Å². The minimum atomic E-state index is -1.24. The first-order chi connectivity index (χ1) is 12.7. The maximum Gasteiger partial charge on any atom is 0.189 e. The summed E-state index contributed by atoms with van der Waals surface area (Å²) < 4.78 is 11.2. The number of allylic oxidation sites excluding steroid dienone is 1.